The molecule has 1 N–H and O–H groups in total. The largest absolute Gasteiger partial charge is 0.447 e. The Morgan fingerprint density at radius 1 is 1.22 bits per heavy atom. The number of nitrogens with one attached hydrogen (secondary N) is 1. The second-order valence-electron chi connectivity index (χ2n) is 6.11. The molecule has 0 aliphatic carbocycles. The minimum Gasteiger partial charge on any atom is -0.447 e. The molecular formula is C19H16N2O5S. The summed E-state index contributed by atoms with van der Waals surface area (Å²) >= 11 is 1.45. The lowest BCUT2D eigenvalue weighted by atomic mass is 10.2. The fraction of sp³-hybridized carbons (Fsp3) is 0.211. The van der Waals surface area contributed by atoms with E-state index in [4.69, 9.17) is 9.47 Å². The van der Waals surface area contributed by atoms with Gasteiger partial charge in [-0.3, -0.25) is 9.69 Å². The molecule has 0 spiro atoms. The topological polar surface area (TPSA) is 84.9 Å². The van der Waals surface area contributed by atoms with Crippen LogP contribution in [0.1, 0.15) is 17.3 Å². The number of carbonyl (C=O) groups is 3. The first-order valence-electron chi connectivity index (χ1n) is 8.39. The first kappa shape index (κ1) is 17.4. The van der Waals surface area contributed by atoms with Crippen LogP contribution < -0.4 is 15.0 Å². The number of rotatable bonds is 3. The molecule has 2 aromatic rings. The molecule has 2 aliphatic rings. The molecule has 2 amide bonds. The van der Waals surface area contributed by atoms with E-state index in [9.17, 15) is 14.4 Å². The average Bonchev–Trinajstić information content (AvgIpc) is 3.09. The monoisotopic (exact) mass is 384 g/mol. The lowest BCUT2D eigenvalue weighted by Gasteiger charge is -2.21. The van der Waals surface area contributed by atoms with Crippen molar-refractivity contribution < 1.29 is 23.9 Å². The Balaban J connectivity index is 1.47. The molecule has 138 valence electrons. The van der Waals surface area contributed by atoms with Crippen molar-refractivity contribution in [3.8, 4) is 5.75 Å². The quantitative estimate of drug-likeness (QED) is 0.646. The molecule has 0 aromatic heterocycles. The molecule has 1 saturated heterocycles. The minimum atomic E-state index is -0.524. The van der Waals surface area contributed by atoms with E-state index in [-0.39, 0.29) is 17.3 Å². The third-order valence-corrected chi connectivity index (χ3v) is 5.44. The van der Waals surface area contributed by atoms with Gasteiger partial charge in [0.2, 0.25) is 5.91 Å². The van der Waals surface area contributed by atoms with Crippen LogP contribution in [-0.4, -0.2) is 36.4 Å². The summed E-state index contributed by atoms with van der Waals surface area (Å²) in [5.41, 5.74) is 1.64. The summed E-state index contributed by atoms with van der Waals surface area (Å²) in [5, 5.41) is 2.63. The fourth-order valence-electron chi connectivity index (χ4n) is 2.82. The molecule has 2 aliphatic heterocycles. The number of nitrogens with zero attached hydrogens (tertiary/aromatic N) is 1. The van der Waals surface area contributed by atoms with E-state index >= 15 is 0 Å². The van der Waals surface area contributed by atoms with E-state index in [1.807, 2.05) is 6.92 Å². The Labute approximate surface area is 159 Å². The van der Waals surface area contributed by atoms with Gasteiger partial charge in [0.1, 0.15) is 12.4 Å². The summed E-state index contributed by atoms with van der Waals surface area (Å²) in [5.74, 6) is -0.251. The van der Waals surface area contributed by atoms with Crippen LogP contribution in [0.25, 0.3) is 0 Å². The number of esters is 1. The van der Waals surface area contributed by atoms with E-state index in [1.54, 1.807) is 42.5 Å². The zero-order valence-corrected chi connectivity index (χ0v) is 15.2. The number of fused-ring (bicyclic) bond motifs is 1. The van der Waals surface area contributed by atoms with Gasteiger partial charge < -0.3 is 14.8 Å². The normalized spacial score (nSPS) is 18.6. The SMILES string of the molecule is CC1Sc2ccc(C(=O)Oc3ccc(N4CCOC4=O)cc3)cc2NC1=O. The van der Waals surface area contributed by atoms with Gasteiger partial charge in [-0.15, -0.1) is 11.8 Å². The molecule has 8 heteroatoms. The highest BCUT2D eigenvalue weighted by Gasteiger charge is 2.25. The van der Waals surface area contributed by atoms with Crippen molar-refractivity contribution >= 4 is 41.1 Å². The van der Waals surface area contributed by atoms with Crippen LogP contribution in [0.15, 0.2) is 47.4 Å². The van der Waals surface area contributed by atoms with Gasteiger partial charge in [0.25, 0.3) is 0 Å². The standard InChI is InChI=1S/C19H16N2O5S/c1-11-17(22)20-15-10-12(2-7-16(15)27-11)18(23)26-14-5-3-13(4-6-14)21-8-9-25-19(21)24/h2-7,10-11H,8-9H2,1H3,(H,20,22). The van der Waals surface area contributed by atoms with E-state index in [2.05, 4.69) is 5.32 Å². The summed E-state index contributed by atoms with van der Waals surface area (Å²) in [6.07, 6.45) is -0.386. The number of hydrogen-bond donors (Lipinski definition) is 1. The van der Waals surface area contributed by atoms with Gasteiger partial charge >= 0.3 is 12.1 Å². The van der Waals surface area contributed by atoms with Gasteiger partial charge in [0.15, 0.2) is 0 Å². The highest BCUT2D eigenvalue weighted by molar-refractivity contribution is 8.00. The third-order valence-electron chi connectivity index (χ3n) is 4.27. The van der Waals surface area contributed by atoms with Crippen LogP contribution in [0.4, 0.5) is 16.2 Å². The summed E-state index contributed by atoms with van der Waals surface area (Å²) in [6.45, 7) is 2.69. The van der Waals surface area contributed by atoms with Crippen LogP contribution in [0.5, 0.6) is 5.75 Å². The van der Waals surface area contributed by atoms with Crippen LogP contribution in [0.2, 0.25) is 0 Å². The summed E-state index contributed by atoms with van der Waals surface area (Å²) < 4.78 is 10.3. The smallest absolute Gasteiger partial charge is 0.414 e. The van der Waals surface area contributed by atoms with Gasteiger partial charge in [-0.25, -0.2) is 9.59 Å². The fourth-order valence-corrected chi connectivity index (χ4v) is 3.75. The predicted molar refractivity (Wildman–Crippen MR) is 100 cm³/mol. The molecule has 0 bridgehead atoms. The Kier molecular flexibility index (Phi) is 4.49. The van der Waals surface area contributed by atoms with Gasteiger partial charge in [-0.2, -0.15) is 0 Å². The number of carbonyl (C=O) groups excluding carboxylic acids is 3. The zero-order valence-electron chi connectivity index (χ0n) is 14.4. The molecular weight excluding hydrogens is 368 g/mol. The van der Waals surface area contributed by atoms with E-state index < -0.39 is 5.97 Å². The maximum absolute atomic E-state index is 12.4. The number of cyclic esters (lactones) is 1. The summed E-state index contributed by atoms with van der Waals surface area (Å²) in [4.78, 5) is 38.2. The number of ether oxygens (including phenoxy) is 2. The molecule has 7 nitrogen and oxygen atoms in total. The van der Waals surface area contributed by atoms with E-state index in [1.165, 1.54) is 16.7 Å². The zero-order chi connectivity index (χ0) is 19.0. The predicted octanol–water partition coefficient (Wildman–Crippen LogP) is 3.30. The van der Waals surface area contributed by atoms with Crippen molar-refractivity contribution in [2.75, 3.05) is 23.4 Å². The van der Waals surface area contributed by atoms with Gasteiger partial charge in [0.05, 0.1) is 23.0 Å². The van der Waals surface area contributed by atoms with Crippen LogP contribution in [0.3, 0.4) is 0 Å². The summed E-state index contributed by atoms with van der Waals surface area (Å²) in [6, 6.07) is 11.7. The highest BCUT2D eigenvalue weighted by Crippen LogP contribution is 2.36. The van der Waals surface area contributed by atoms with Crippen molar-refractivity contribution in [3.05, 3.63) is 48.0 Å². The molecule has 1 fully saturated rings. The molecule has 4 rings (SSSR count). The van der Waals surface area contributed by atoms with Crippen LogP contribution in [0, 0.1) is 0 Å². The number of anilines is 2. The molecule has 0 radical (unpaired) electrons. The third kappa shape index (κ3) is 3.48. The lowest BCUT2D eigenvalue weighted by molar-refractivity contribution is -0.115. The first-order chi connectivity index (χ1) is 13.0. The molecule has 0 saturated carbocycles. The van der Waals surface area contributed by atoms with Gasteiger partial charge in [0, 0.05) is 10.6 Å². The Bertz CT molecular complexity index is 928. The molecule has 2 aromatic carbocycles. The molecule has 1 atom stereocenters. The Hall–Kier alpha value is -3.00. The lowest BCUT2D eigenvalue weighted by Crippen LogP contribution is -2.26. The molecule has 2 heterocycles. The number of benzene rings is 2. The number of amides is 2. The van der Waals surface area contributed by atoms with Crippen molar-refractivity contribution in [1.29, 1.82) is 0 Å². The second-order valence-corrected chi connectivity index (χ2v) is 7.49. The van der Waals surface area contributed by atoms with Crippen molar-refractivity contribution in [2.24, 2.45) is 0 Å². The van der Waals surface area contributed by atoms with Crippen LogP contribution in [-0.2, 0) is 9.53 Å². The van der Waals surface area contributed by atoms with Gasteiger partial charge in [-0.05, 0) is 49.4 Å². The van der Waals surface area contributed by atoms with Crippen LogP contribution >= 0.6 is 11.8 Å². The van der Waals surface area contributed by atoms with Crippen molar-refractivity contribution in [1.82, 2.24) is 0 Å². The first-order valence-corrected chi connectivity index (χ1v) is 9.27. The van der Waals surface area contributed by atoms with E-state index in [0.717, 1.165) is 4.90 Å². The minimum absolute atomic E-state index is 0.0888. The Morgan fingerprint density at radius 2 is 2.00 bits per heavy atom. The maximum Gasteiger partial charge on any atom is 0.414 e. The Morgan fingerprint density at radius 3 is 2.70 bits per heavy atom. The maximum atomic E-state index is 12.4. The summed E-state index contributed by atoms with van der Waals surface area (Å²) in [7, 11) is 0. The number of hydrogen-bond acceptors (Lipinski definition) is 6. The van der Waals surface area contributed by atoms with E-state index in [0.29, 0.717) is 35.8 Å². The molecule has 27 heavy (non-hydrogen) atoms. The second kappa shape index (κ2) is 6.96. The number of thioether (sulfide) groups is 1. The molecule has 1 unspecified atom stereocenters. The van der Waals surface area contributed by atoms with Gasteiger partial charge in [-0.1, -0.05) is 0 Å². The van der Waals surface area contributed by atoms with Crippen molar-refractivity contribution in [2.45, 2.75) is 17.1 Å². The highest BCUT2D eigenvalue weighted by atomic mass is 32.2. The van der Waals surface area contributed by atoms with Crippen molar-refractivity contribution in [3.63, 3.8) is 0 Å². The average molecular weight is 384 g/mol.